The summed E-state index contributed by atoms with van der Waals surface area (Å²) in [6, 6.07) is 2.43. The first-order valence-corrected chi connectivity index (χ1v) is 4.34. The molecule has 0 unspecified atom stereocenters. The van der Waals surface area contributed by atoms with E-state index >= 15 is 0 Å². The molecular weight excluding hydrogens is 218 g/mol. The topological polar surface area (TPSA) is 87.9 Å². The molecule has 0 radical (unpaired) electrons. The number of nitrogens with zero attached hydrogens (tertiary/aromatic N) is 1. The number of carbonyl (C=O) groups excluding carboxylic acids is 1. The van der Waals surface area contributed by atoms with E-state index in [0.717, 1.165) is 6.92 Å². The first-order valence-electron chi connectivity index (χ1n) is 4.34. The quantitative estimate of drug-likeness (QED) is 0.325. The van der Waals surface area contributed by atoms with Crippen LogP contribution in [0.1, 0.15) is 6.92 Å². The minimum atomic E-state index is -0.653. The van der Waals surface area contributed by atoms with Crippen molar-refractivity contribution < 1.29 is 23.9 Å². The van der Waals surface area contributed by atoms with Crippen LogP contribution in [0.5, 0.6) is 17.2 Å². The summed E-state index contributed by atoms with van der Waals surface area (Å²) in [7, 11) is 0. The summed E-state index contributed by atoms with van der Waals surface area (Å²) in [6.07, 6.45) is 0. The molecule has 0 atom stereocenters. The van der Waals surface area contributed by atoms with E-state index in [-0.39, 0.29) is 24.0 Å². The fourth-order valence-electron chi connectivity index (χ4n) is 1.29. The molecular formula is C9H7NO6. The number of rotatable bonds is 2. The number of carbonyl (C=O) groups is 1. The highest BCUT2D eigenvalue weighted by molar-refractivity contribution is 5.72. The maximum Gasteiger partial charge on any atom is 0.315 e. The van der Waals surface area contributed by atoms with Gasteiger partial charge in [-0.05, 0) is 0 Å². The average Bonchev–Trinajstić information content (AvgIpc) is 2.62. The molecule has 1 aromatic rings. The summed E-state index contributed by atoms with van der Waals surface area (Å²) in [5, 5.41) is 10.7. The Labute approximate surface area is 89.7 Å². The average molecular weight is 225 g/mol. The molecule has 0 N–H and O–H groups in total. The van der Waals surface area contributed by atoms with Crippen molar-refractivity contribution in [3.05, 3.63) is 22.2 Å². The maximum absolute atomic E-state index is 10.8. The van der Waals surface area contributed by atoms with Crippen molar-refractivity contribution in [2.24, 2.45) is 0 Å². The van der Waals surface area contributed by atoms with E-state index in [9.17, 15) is 14.9 Å². The van der Waals surface area contributed by atoms with Gasteiger partial charge in [-0.3, -0.25) is 14.9 Å². The van der Waals surface area contributed by atoms with Crippen molar-refractivity contribution in [3.63, 3.8) is 0 Å². The van der Waals surface area contributed by atoms with E-state index in [0.29, 0.717) is 5.75 Å². The number of fused-ring (bicyclic) bond motifs is 1. The van der Waals surface area contributed by atoms with Crippen molar-refractivity contribution in [1.82, 2.24) is 0 Å². The lowest BCUT2D eigenvalue weighted by Crippen LogP contribution is -2.04. The molecule has 1 aliphatic heterocycles. The summed E-state index contributed by atoms with van der Waals surface area (Å²) < 4.78 is 14.7. The van der Waals surface area contributed by atoms with Gasteiger partial charge in [0.25, 0.3) is 0 Å². The van der Waals surface area contributed by atoms with Crippen LogP contribution in [-0.4, -0.2) is 17.7 Å². The second-order valence-electron chi connectivity index (χ2n) is 3.02. The number of hydrogen-bond donors (Lipinski definition) is 0. The molecule has 7 heteroatoms. The van der Waals surface area contributed by atoms with Crippen molar-refractivity contribution >= 4 is 11.7 Å². The van der Waals surface area contributed by atoms with Crippen LogP contribution in [0.15, 0.2) is 12.1 Å². The highest BCUT2D eigenvalue weighted by Gasteiger charge is 2.25. The zero-order chi connectivity index (χ0) is 11.7. The Morgan fingerprint density at radius 1 is 1.44 bits per heavy atom. The molecule has 1 aliphatic rings. The number of nitro benzene ring substituents is 1. The summed E-state index contributed by atoms with van der Waals surface area (Å²) in [5.74, 6) is -0.201. The number of hydrogen-bond acceptors (Lipinski definition) is 6. The molecule has 0 aromatic heterocycles. The number of benzene rings is 1. The molecule has 16 heavy (non-hydrogen) atoms. The number of esters is 1. The Hall–Kier alpha value is -2.31. The third-order valence-electron chi connectivity index (χ3n) is 1.90. The first kappa shape index (κ1) is 10.2. The number of ether oxygens (including phenoxy) is 3. The van der Waals surface area contributed by atoms with E-state index < -0.39 is 10.9 Å². The van der Waals surface area contributed by atoms with Crippen molar-refractivity contribution in [3.8, 4) is 17.2 Å². The van der Waals surface area contributed by atoms with Gasteiger partial charge in [-0.25, -0.2) is 0 Å². The first-order chi connectivity index (χ1) is 7.58. The van der Waals surface area contributed by atoms with Crippen LogP contribution < -0.4 is 14.2 Å². The van der Waals surface area contributed by atoms with Crippen LogP contribution in [0.25, 0.3) is 0 Å². The van der Waals surface area contributed by atoms with E-state index in [1.807, 2.05) is 0 Å². The zero-order valence-corrected chi connectivity index (χ0v) is 8.26. The standard InChI is InChI=1S/C9H7NO6/c1-5(11)16-7-3-9-8(14-4-15-9)2-6(7)10(12)13/h2-3H,4H2,1H3. The molecule has 7 nitrogen and oxygen atoms in total. The third-order valence-corrected chi connectivity index (χ3v) is 1.90. The largest absolute Gasteiger partial charge is 0.453 e. The highest BCUT2D eigenvalue weighted by atomic mass is 16.7. The second-order valence-corrected chi connectivity index (χ2v) is 3.02. The molecule has 0 bridgehead atoms. The van der Waals surface area contributed by atoms with Gasteiger partial charge in [0, 0.05) is 13.0 Å². The van der Waals surface area contributed by atoms with Gasteiger partial charge in [0.05, 0.1) is 11.0 Å². The Morgan fingerprint density at radius 2 is 2.06 bits per heavy atom. The summed E-state index contributed by atoms with van der Waals surface area (Å²) in [4.78, 5) is 20.8. The predicted octanol–water partition coefficient (Wildman–Crippen LogP) is 1.25. The van der Waals surface area contributed by atoms with Crippen molar-refractivity contribution in [2.75, 3.05) is 6.79 Å². The molecule has 0 aliphatic carbocycles. The lowest BCUT2D eigenvalue weighted by Gasteiger charge is -2.03. The Bertz CT molecular complexity index is 469. The Balaban J connectivity index is 2.48. The smallest absolute Gasteiger partial charge is 0.315 e. The summed E-state index contributed by atoms with van der Waals surface area (Å²) in [5.41, 5.74) is -0.334. The Kier molecular flexibility index (Phi) is 2.35. The summed E-state index contributed by atoms with van der Waals surface area (Å²) in [6.45, 7) is 1.16. The molecule has 0 saturated carbocycles. The van der Waals surface area contributed by atoms with Crippen molar-refractivity contribution in [2.45, 2.75) is 6.92 Å². The zero-order valence-electron chi connectivity index (χ0n) is 8.26. The molecule has 84 valence electrons. The molecule has 0 spiro atoms. The van der Waals surface area contributed by atoms with Gasteiger partial charge >= 0.3 is 11.7 Å². The molecule has 2 rings (SSSR count). The molecule has 1 aromatic carbocycles. The van der Waals surface area contributed by atoms with E-state index in [1.165, 1.54) is 12.1 Å². The second kappa shape index (κ2) is 3.69. The van der Waals surface area contributed by atoms with Crippen LogP contribution in [0, 0.1) is 10.1 Å². The molecule has 1 heterocycles. The third kappa shape index (κ3) is 1.74. The maximum atomic E-state index is 10.8. The highest BCUT2D eigenvalue weighted by Crippen LogP contribution is 2.41. The predicted molar refractivity (Wildman–Crippen MR) is 50.5 cm³/mol. The van der Waals surface area contributed by atoms with E-state index in [1.54, 1.807) is 0 Å². The number of nitro groups is 1. The normalized spacial score (nSPS) is 12.3. The fraction of sp³-hybridized carbons (Fsp3) is 0.222. The minimum Gasteiger partial charge on any atom is -0.453 e. The van der Waals surface area contributed by atoms with Gasteiger partial charge in [-0.15, -0.1) is 0 Å². The monoisotopic (exact) mass is 225 g/mol. The van der Waals surface area contributed by atoms with Crippen LogP contribution in [-0.2, 0) is 4.79 Å². The fourth-order valence-corrected chi connectivity index (χ4v) is 1.29. The van der Waals surface area contributed by atoms with E-state index in [4.69, 9.17) is 14.2 Å². The van der Waals surface area contributed by atoms with Gasteiger partial charge in [-0.2, -0.15) is 0 Å². The van der Waals surface area contributed by atoms with Crippen LogP contribution in [0.2, 0.25) is 0 Å². The van der Waals surface area contributed by atoms with Crippen LogP contribution in [0.4, 0.5) is 5.69 Å². The SMILES string of the molecule is CC(=O)Oc1cc2c(cc1[N+](=O)[O-])OCO2. The molecule has 0 saturated heterocycles. The lowest BCUT2D eigenvalue weighted by atomic mass is 10.2. The van der Waals surface area contributed by atoms with E-state index in [2.05, 4.69) is 0 Å². The molecule has 0 amide bonds. The van der Waals surface area contributed by atoms with Crippen LogP contribution in [0.3, 0.4) is 0 Å². The summed E-state index contributed by atoms with van der Waals surface area (Å²) >= 11 is 0. The van der Waals surface area contributed by atoms with Gasteiger partial charge in [0.2, 0.25) is 12.5 Å². The van der Waals surface area contributed by atoms with Gasteiger partial charge in [0.15, 0.2) is 11.5 Å². The lowest BCUT2D eigenvalue weighted by molar-refractivity contribution is -0.385. The minimum absolute atomic E-state index is 0.00396. The van der Waals surface area contributed by atoms with Crippen LogP contribution >= 0.6 is 0 Å². The Morgan fingerprint density at radius 3 is 2.62 bits per heavy atom. The molecule has 0 fully saturated rings. The van der Waals surface area contributed by atoms with Gasteiger partial charge < -0.3 is 14.2 Å². The van der Waals surface area contributed by atoms with Gasteiger partial charge in [-0.1, -0.05) is 0 Å². The van der Waals surface area contributed by atoms with Gasteiger partial charge in [0.1, 0.15) is 0 Å². The van der Waals surface area contributed by atoms with Crippen molar-refractivity contribution in [1.29, 1.82) is 0 Å².